The number of aryl methyl sites for hydroxylation is 1. The van der Waals surface area contributed by atoms with E-state index < -0.39 is 119 Å². The van der Waals surface area contributed by atoms with E-state index in [4.69, 9.17) is 42.6 Å². The number of pyridine rings is 1. The van der Waals surface area contributed by atoms with Crippen LogP contribution in [0.5, 0.6) is 0 Å². The second kappa shape index (κ2) is 25.9. The number of aromatic nitrogens is 1. The number of nitrogens with zero attached hydrogens (tertiary/aromatic N) is 3. The maximum absolute atomic E-state index is 14.8. The van der Waals surface area contributed by atoms with E-state index in [0.29, 0.717) is 37.2 Å². The number of thioether (sulfide) groups is 1. The molecule has 0 aliphatic carbocycles. The van der Waals surface area contributed by atoms with Gasteiger partial charge in [0.15, 0.2) is 30.4 Å². The molecule has 7 rings (SSSR count). The van der Waals surface area contributed by atoms with Crippen LogP contribution < -0.4 is 10.7 Å². The molecule has 0 spiro atoms. The van der Waals surface area contributed by atoms with Gasteiger partial charge >= 0.3 is 24.1 Å². The summed E-state index contributed by atoms with van der Waals surface area (Å²) in [5.41, 5.74) is -3.08. The number of methoxy groups -OCH3 is 1. The number of ether oxygens (including phenoxy) is 9. The van der Waals surface area contributed by atoms with Crippen molar-refractivity contribution in [3.05, 3.63) is 39.7 Å². The first-order chi connectivity index (χ1) is 37.5. The van der Waals surface area contributed by atoms with Gasteiger partial charge in [0.25, 0.3) is 0 Å². The number of carboxylic acids is 1. The number of cyclic esters (lactones) is 1. The molecule has 6 heterocycles. The Hall–Kier alpha value is -3.94. The highest BCUT2D eigenvalue weighted by Gasteiger charge is 2.58. The van der Waals surface area contributed by atoms with E-state index in [-0.39, 0.29) is 55.4 Å². The highest BCUT2D eigenvalue weighted by atomic mass is 32.2. The van der Waals surface area contributed by atoms with Crippen LogP contribution in [0.3, 0.4) is 0 Å². The largest absolute Gasteiger partial charge is 0.509 e. The second-order valence-corrected chi connectivity index (χ2v) is 25.5. The van der Waals surface area contributed by atoms with Crippen molar-refractivity contribution in [3.63, 3.8) is 0 Å². The van der Waals surface area contributed by atoms with E-state index in [9.17, 15) is 39.3 Å². The molecule has 80 heavy (non-hydrogen) atoms. The molecular weight excluding hydrogens is 1060 g/mol. The van der Waals surface area contributed by atoms with Gasteiger partial charge in [0, 0.05) is 79.4 Å². The van der Waals surface area contributed by atoms with Gasteiger partial charge in [0.1, 0.15) is 23.4 Å². The fourth-order valence-electron chi connectivity index (χ4n) is 13.1. The first-order valence-electron chi connectivity index (χ1n) is 28.6. The van der Waals surface area contributed by atoms with Gasteiger partial charge in [-0.1, -0.05) is 20.8 Å². The standard InChI is InChI=1S/C58H90N4O17S/c1-16-42-58(11)50(78-55(69)79-58)35(7)61(14)28-30(2)26-56(9,70)49(77-54-47(65)41(60(12)13)23-32(4)72-54)33(5)48(34(6)53(68)74-42)76-44-27-57(10,71-15)51(36(8)73-44)75-43(63)19-20-59-21-22-80-38-24-37-18-17-31(3)62-29-40(52(66)67)46(64)39(25-38)45(37)62/h24-25,29-36,41-42,44,47-51,54,59,65,70H,16-23,26-28H2,1-15H3,(H,66,67)/t30?,31?,32-,33?,34-,35?,36+,41+,42?,44?,47?,48+,49?,50-,51?,54+,56-,57?,58?/m1/s1. The normalized spacial score (nSPS) is 38.4. The van der Waals surface area contributed by atoms with Crippen molar-refractivity contribution in [2.45, 2.75) is 222 Å². The lowest BCUT2D eigenvalue weighted by Crippen LogP contribution is -2.61. The van der Waals surface area contributed by atoms with Crippen LogP contribution in [0.2, 0.25) is 0 Å². The fourth-order valence-corrected chi connectivity index (χ4v) is 14.0. The summed E-state index contributed by atoms with van der Waals surface area (Å²) in [6, 6.07) is 3.19. The maximum Gasteiger partial charge on any atom is 0.509 e. The zero-order valence-electron chi connectivity index (χ0n) is 49.6. The van der Waals surface area contributed by atoms with Crippen molar-refractivity contribution in [1.29, 1.82) is 0 Å². The van der Waals surface area contributed by atoms with Crippen molar-refractivity contribution in [1.82, 2.24) is 19.7 Å². The van der Waals surface area contributed by atoms with Crippen LogP contribution in [-0.2, 0) is 58.6 Å². The number of carbonyl (C=O) groups excluding carboxylic acids is 3. The lowest BCUT2D eigenvalue weighted by molar-refractivity contribution is -0.318. The Morgan fingerprint density at radius 3 is 2.34 bits per heavy atom. The number of fused-ring (bicyclic) bond motifs is 1. The number of benzene rings is 1. The van der Waals surface area contributed by atoms with Gasteiger partial charge in [0.05, 0.1) is 47.9 Å². The first-order valence-corrected chi connectivity index (χ1v) is 29.5. The molecule has 4 N–H and O–H groups in total. The Morgan fingerprint density at radius 2 is 1.68 bits per heavy atom. The summed E-state index contributed by atoms with van der Waals surface area (Å²) < 4.78 is 59.0. The van der Waals surface area contributed by atoms with E-state index in [2.05, 4.69) is 11.4 Å². The van der Waals surface area contributed by atoms with Crippen molar-refractivity contribution in [2.75, 3.05) is 53.6 Å². The van der Waals surface area contributed by atoms with Crippen LogP contribution in [0.25, 0.3) is 10.9 Å². The summed E-state index contributed by atoms with van der Waals surface area (Å²) >= 11 is 1.54. The summed E-state index contributed by atoms with van der Waals surface area (Å²) in [4.78, 5) is 71.4. The number of hydrogen-bond acceptors (Lipinski definition) is 20. The molecule has 1 aromatic heterocycles. The topological polar surface area (TPSA) is 253 Å². The van der Waals surface area contributed by atoms with E-state index in [1.54, 1.807) is 40.7 Å². The molecule has 0 saturated carbocycles. The van der Waals surface area contributed by atoms with E-state index in [0.717, 1.165) is 28.8 Å². The highest BCUT2D eigenvalue weighted by molar-refractivity contribution is 7.99. The minimum atomic E-state index is -1.63. The van der Waals surface area contributed by atoms with Gasteiger partial charge in [-0.2, -0.15) is 0 Å². The number of aliphatic hydroxyl groups excluding tert-OH is 1. The number of esters is 2. The molecule has 5 aliphatic rings. The molecule has 4 fully saturated rings. The minimum Gasteiger partial charge on any atom is -0.477 e. The first kappa shape index (κ1) is 63.6. The number of aliphatic hydroxyl groups is 2. The van der Waals surface area contributed by atoms with Gasteiger partial charge < -0.3 is 72.7 Å². The van der Waals surface area contributed by atoms with Crippen LogP contribution in [0.1, 0.15) is 137 Å². The Kier molecular flexibility index (Phi) is 20.6. The van der Waals surface area contributed by atoms with Gasteiger partial charge in [-0.05, 0) is 132 Å². The van der Waals surface area contributed by atoms with Crippen molar-refractivity contribution >= 4 is 46.7 Å². The molecule has 4 saturated heterocycles. The van der Waals surface area contributed by atoms with E-state index >= 15 is 0 Å². The van der Waals surface area contributed by atoms with Gasteiger partial charge in [0.2, 0.25) is 5.43 Å². The van der Waals surface area contributed by atoms with Gasteiger partial charge in [-0.25, -0.2) is 9.59 Å². The fraction of sp³-hybridized carbons (Fsp3) is 0.776. The van der Waals surface area contributed by atoms with Crippen LogP contribution in [-0.4, -0.2) is 198 Å². The summed E-state index contributed by atoms with van der Waals surface area (Å²) in [6.45, 7) is 21.5. The summed E-state index contributed by atoms with van der Waals surface area (Å²) in [5, 5.41) is 38.1. The Bertz CT molecular complexity index is 2580. The molecule has 450 valence electrons. The summed E-state index contributed by atoms with van der Waals surface area (Å²) in [6.07, 6.45) is -5.94. The van der Waals surface area contributed by atoms with Crippen molar-refractivity contribution in [2.24, 2.45) is 17.8 Å². The molecule has 22 heteroatoms. The Morgan fingerprint density at radius 1 is 0.963 bits per heavy atom. The minimum absolute atomic E-state index is 0.0368. The van der Waals surface area contributed by atoms with E-state index in [1.807, 2.05) is 77.1 Å². The molecule has 0 amide bonds. The highest BCUT2D eigenvalue weighted by Crippen LogP contribution is 2.43. The molecule has 1 aromatic carbocycles. The number of carboxylic acid groups (broad SMARTS) is 1. The average Bonchev–Trinajstić information content (AvgIpc) is 3.80. The van der Waals surface area contributed by atoms with Crippen LogP contribution in [0.15, 0.2) is 28.0 Å². The zero-order chi connectivity index (χ0) is 58.9. The van der Waals surface area contributed by atoms with Gasteiger partial charge in [-0.3, -0.25) is 19.3 Å². The van der Waals surface area contributed by atoms with Crippen LogP contribution in [0.4, 0.5) is 4.79 Å². The average molecular weight is 1150 g/mol. The molecular formula is C58H90N4O17S. The predicted molar refractivity (Wildman–Crippen MR) is 298 cm³/mol. The molecule has 21 nitrogen and oxygen atoms in total. The number of rotatable bonds is 16. The van der Waals surface area contributed by atoms with Gasteiger partial charge in [-0.15, -0.1) is 11.8 Å². The number of nitrogens with one attached hydrogen (secondary N) is 1. The SMILES string of the molecule is CCC1OC(=O)[C@H](C)[C@@H](OC2CC(C)(OC)C(OC(=O)CCNCCSc3cc4c5c(c3)c(=O)c(C(=O)O)cn5C(C)CC4)[C@H](C)O2)C(C)C(O[C@@H]2O[C@H](C)C[C@H](N(C)C)C2O)[C@](C)(O)CC(C)CN(C)C(C)[C@H]2OC(=O)OC12C. The zero-order valence-corrected chi connectivity index (χ0v) is 50.4. The second-order valence-electron chi connectivity index (χ2n) is 24.3. The number of aromatic carboxylic acids is 1. The lowest BCUT2D eigenvalue weighted by Gasteiger charge is -2.49. The molecule has 5 aliphatic heterocycles. The predicted octanol–water partition coefficient (Wildman–Crippen LogP) is 5.93. The molecule has 0 radical (unpaired) electrons. The lowest BCUT2D eigenvalue weighted by atomic mass is 9.77. The Balaban J connectivity index is 1.07. The molecule has 19 atom stereocenters. The summed E-state index contributed by atoms with van der Waals surface area (Å²) in [5.74, 6) is -3.86. The van der Waals surface area contributed by atoms with Crippen molar-refractivity contribution < 1.29 is 77.1 Å². The molecule has 11 unspecified atom stereocenters. The number of hydrogen-bond donors (Lipinski definition) is 4. The number of carbonyl (C=O) groups is 4. The molecule has 0 bridgehead atoms. The van der Waals surface area contributed by atoms with Crippen LogP contribution in [0, 0.1) is 17.8 Å². The maximum atomic E-state index is 14.8. The van der Waals surface area contributed by atoms with Crippen molar-refractivity contribution in [3.8, 4) is 0 Å². The third-order valence-electron chi connectivity index (χ3n) is 17.7. The molecule has 2 aromatic rings. The van der Waals surface area contributed by atoms with Crippen LogP contribution >= 0.6 is 11.8 Å². The quantitative estimate of drug-likeness (QED) is 0.0658. The summed E-state index contributed by atoms with van der Waals surface area (Å²) in [7, 11) is 7.18. The monoisotopic (exact) mass is 1150 g/mol. The third kappa shape index (κ3) is 13.7. The Labute approximate surface area is 475 Å². The van der Waals surface area contributed by atoms with E-state index in [1.165, 1.54) is 25.1 Å². The third-order valence-corrected chi connectivity index (χ3v) is 18.6. The number of likely N-dealkylation sites (N-methyl/N-ethyl adjacent to an activating group) is 2. The smallest absolute Gasteiger partial charge is 0.477 e.